The SMILES string of the molecule is CCCCC/C=C\CCCCCCCc1ccc(O)c(O)c1. The van der Waals surface area contributed by atoms with E-state index in [9.17, 15) is 10.2 Å². The summed E-state index contributed by atoms with van der Waals surface area (Å²) in [6.45, 7) is 2.24. The topological polar surface area (TPSA) is 40.5 Å². The van der Waals surface area contributed by atoms with Crippen LogP contribution in [0.25, 0.3) is 0 Å². The van der Waals surface area contributed by atoms with Crippen molar-refractivity contribution in [3.63, 3.8) is 0 Å². The predicted molar refractivity (Wildman–Crippen MR) is 94.5 cm³/mol. The van der Waals surface area contributed by atoms with Gasteiger partial charge in [-0.3, -0.25) is 0 Å². The third-order valence-electron chi connectivity index (χ3n) is 4.02. The Hall–Kier alpha value is -1.44. The molecule has 0 radical (unpaired) electrons. The molecule has 0 heterocycles. The van der Waals surface area contributed by atoms with Crippen LogP contribution in [0.3, 0.4) is 0 Å². The first-order chi connectivity index (χ1) is 10.7. The molecular formula is C20H32O2. The molecule has 0 saturated heterocycles. The molecule has 2 N–H and O–H groups in total. The van der Waals surface area contributed by atoms with Crippen LogP contribution in [0.5, 0.6) is 11.5 Å². The summed E-state index contributed by atoms with van der Waals surface area (Å²) < 4.78 is 0. The number of benzene rings is 1. The number of aryl methyl sites for hydroxylation is 1. The van der Waals surface area contributed by atoms with Crippen molar-refractivity contribution in [1.29, 1.82) is 0 Å². The van der Waals surface area contributed by atoms with Crippen LogP contribution in [0.15, 0.2) is 30.4 Å². The molecule has 0 fully saturated rings. The van der Waals surface area contributed by atoms with Crippen molar-refractivity contribution in [1.82, 2.24) is 0 Å². The molecule has 0 aliphatic carbocycles. The summed E-state index contributed by atoms with van der Waals surface area (Å²) in [4.78, 5) is 0. The molecule has 2 nitrogen and oxygen atoms in total. The quantitative estimate of drug-likeness (QED) is 0.277. The van der Waals surface area contributed by atoms with E-state index in [1.54, 1.807) is 12.1 Å². The van der Waals surface area contributed by atoms with E-state index in [2.05, 4.69) is 19.1 Å². The summed E-state index contributed by atoms with van der Waals surface area (Å²) in [7, 11) is 0. The van der Waals surface area contributed by atoms with Crippen LogP contribution in [-0.4, -0.2) is 10.2 Å². The van der Waals surface area contributed by atoms with E-state index in [4.69, 9.17) is 0 Å². The van der Waals surface area contributed by atoms with Crippen LogP contribution in [-0.2, 0) is 6.42 Å². The van der Waals surface area contributed by atoms with E-state index >= 15 is 0 Å². The van der Waals surface area contributed by atoms with E-state index in [1.165, 1.54) is 57.8 Å². The smallest absolute Gasteiger partial charge is 0.157 e. The Morgan fingerprint density at radius 2 is 1.41 bits per heavy atom. The van der Waals surface area contributed by atoms with Crippen molar-refractivity contribution >= 4 is 0 Å². The number of hydrogen-bond acceptors (Lipinski definition) is 2. The van der Waals surface area contributed by atoms with E-state index < -0.39 is 0 Å². The molecule has 1 rings (SSSR count). The lowest BCUT2D eigenvalue weighted by Crippen LogP contribution is -1.86. The Kier molecular flexibility index (Phi) is 10.3. The molecule has 0 unspecified atom stereocenters. The fraction of sp³-hybridized carbons (Fsp3) is 0.600. The van der Waals surface area contributed by atoms with Gasteiger partial charge in [0, 0.05) is 0 Å². The molecule has 0 spiro atoms. The molecular weight excluding hydrogens is 272 g/mol. The number of phenols is 2. The monoisotopic (exact) mass is 304 g/mol. The number of unbranched alkanes of at least 4 members (excludes halogenated alkanes) is 8. The lowest BCUT2D eigenvalue weighted by atomic mass is 10.0. The Bertz CT molecular complexity index is 424. The first-order valence-corrected chi connectivity index (χ1v) is 8.90. The summed E-state index contributed by atoms with van der Waals surface area (Å²) in [5.41, 5.74) is 1.10. The lowest BCUT2D eigenvalue weighted by molar-refractivity contribution is 0.403. The molecule has 0 amide bonds. The lowest BCUT2D eigenvalue weighted by Gasteiger charge is -2.04. The molecule has 22 heavy (non-hydrogen) atoms. The highest BCUT2D eigenvalue weighted by Crippen LogP contribution is 2.25. The van der Waals surface area contributed by atoms with Crippen molar-refractivity contribution in [2.75, 3.05) is 0 Å². The largest absolute Gasteiger partial charge is 0.504 e. The first-order valence-electron chi connectivity index (χ1n) is 8.90. The minimum atomic E-state index is -0.0356. The standard InChI is InChI=1S/C20H32O2/c1-2-3-4-5-6-7-8-9-10-11-12-13-14-18-15-16-19(21)20(22)17-18/h6-7,15-17,21-22H,2-5,8-14H2,1H3/b7-6-. The van der Waals surface area contributed by atoms with Crippen molar-refractivity contribution in [2.45, 2.75) is 77.6 Å². The summed E-state index contributed by atoms with van der Waals surface area (Å²) in [6.07, 6.45) is 18.4. The summed E-state index contributed by atoms with van der Waals surface area (Å²) in [6, 6.07) is 5.12. The van der Waals surface area contributed by atoms with Crippen LogP contribution in [0.2, 0.25) is 0 Å². The zero-order valence-corrected chi connectivity index (χ0v) is 14.1. The number of hydrogen-bond donors (Lipinski definition) is 2. The second kappa shape index (κ2) is 12.1. The van der Waals surface area contributed by atoms with Gasteiger partial charge in [-0.2, -0.15) is 0 Å². The van der Waals surface area contributed by atoms with Gasteiger partial charge in [0.15, 0.2) is 11.5 Å². The molecule has 0 aliphatic rings. The zero-order valence-electron chi connectivity index (χ0n) is 14.1. The Morgan fingerprint density at radius 1 is 0.773 bits per heavy atom. The van der Waals surface area contributed by atoms with Crippen LogP contribution in [0, 0.1) is 0 Å². The van der Waals surface area contributed by atoms with Gasteiger partial charge < -0.3 is 10.2 Å². The molecule has 2 heteroatoms. The molecule has 0 bridgehead atoms. The van der Waals surface area contributed by atoms with Gasteiger partial charge in [0.25, 0.3) is 0 Å². The van der Waals surface area contributed by atoms with Gasteiger partial charge in [0.05, 0.1) is 0 Å². The van der Waals surface area contributed by atoms with Crippen LogP contribution in [0.4, 0.5) is 0 Å². The van der Waals surface area contributed by atoms with Crippen LogP contribution < -0.4 is 0 Å². The Labute approximate surface area is 135 Å². The third kappa shape index (κ3) is 8.76. The van der Waals surface area contributed by atoms with E-state index in [0.717, 1.165) is 18.4 Å². The average molecular weight is 304 g/mol. The number of rotatable bonds is 12. The van der Waals surface area contributed by atoms with Gasteiger partial charge in [-0.05, 0) is 56.2 Å². The molecule has 0 saturated carbocycles. The minimum Gasteiger partial charge on any atom is -0.504 e. The molecule has 0 aliphatic heterocycles. The van der Waals surface area contributed by atoms with Crippen molar-refractivity contribution in [3.8, 4) is 11.5 Å². The predicted octanol–water partition coefficient (Wildman–Crippen LogP) is 6.12. The maximum Gasteiger partial charge on any atom is 0.157 e. The fourth-order valence-corrected chi connectivity index (χ4v) is 2.59. The second-order valence-electron chi connectivity index (χ2n) is 6.10. The molecule has 1 aromatic carbocycles. The Morgan fingerprint density at radius 3 is 2.09 bits per heavy atom. The Balaban J connectivity index is 1.94. The average Bonchev–Trinajstić information content (AvgIpc) is 2.52. The highest BCUT2D eigenvalue weighted by atomic mass is 16.3. The first kappa shape index (κ1) is 18.6. The second-order valence-corrected chi connectivity index (χ2v) is 6.10. The van der Waals surface area contributed by atoms with Gasteiger partial charge in [-0.25, -0.2) is 0 Å². The highest BCUT2D eigenvalue weighted by Gasteiger charge is 2.00. The highest BCUT2D eigenvalue weighted by molar-refractivity contribution is 5.40. The van der Waals surface area contributed by atoms with Crippen LogP contribution in [0.1, 0.15) is 76.7 Å². The van der Waals surface area contributed by atoms with Crippen molar-refractivity contribution < 1.29 is 10.2 Å². The maximum absolute atomic E-state index is 9.43. The normalized spacial score (nSPS) is 11.3. The van der Waals surface area contributed by atoms with Gasteiger partial charge in [-0.15, -0.1) is 0 Å². The van der Waals surface area contributed by atoms with E-state index in [-0.39, 0.29) is 11.5 Å². The van der Waals surface area contributed by atoms with Gasteiger partial charge in [0.1, 0.15) is 0 Å². The van der Waals surface area contributed by atoms with E-state index in [1.807, 2.05) is 6.07 Å². The number of allylic oxidation sites excluding steroid dienone is 2. The van der Waals surface area contributed by atoms with Gasteiger partial charge >= 0.3 is 0 Å². The maximum atomic E-state index is 9.43. The summed E-state index contributed by atoms with van der Waals surface area (Å²) >= 11 is 0. The van der Waals surface area contributed by atoms with Crippen LogP contribution >= 0.6 is 0 Å². The van der Waals surface area contributed by atoms with Gasteiger partial charge in [-0.1, -0.05) is 57.2 Å². The zero-order chi connectivity index (χ0) is 16.0. The molecule has 0 aromatic heterocycles. The number of aromatic hydroxyl groups is 2. The molecule has 0 atom stereocenters. The van der Waals surface area contributed by atoms with Gasteiger partial charge in [0.2, 0.25) is 0 Å². The van der Waals surface area contributed by atoms with E-state index in [0.29, 0.717) is 0 Å². The molecule has 124 valence electrons. The molecule has 1 aromatic rings. The van der Waals surface area contributed by atoms with Crippen molar-refractivity contribution in [3.05, 3.63) is 35.9 Å². The summed E-state index contributed by atoms with van der Waals surface area (Å²) in [5, 5.41) is 18.7. The third-order valence-corrected chi connectivity index (χ3v) is 4.02. The van der Waals surface area contributed by atoms with Crippen molar-refractivity contribution in [2.24, 2.45) is 0 Å². The number of phenolic OH excluding ortho intramolecular Hbond substituents is 2. The summed E-state index contributed by atoms with van der Waals surface area (Å²) in [5.74, 6) is -0.0466. The fourth-order valence-electron chi connectivity index (χ4n) is 2.59. The minimum absolute atomic E-state index is 0.0109.